The Balaban J connectivity index is 0.782. The number of carbonyl (C=O) groups is 6. The summed E-state index contributed by atoms with van der Waals surface area (Å²) in [6, 6.07) is 10.7. The standard InChI is InChI=1S/C65H88O14S/c1-64(2,3)49-24-20-46(21-25-49)60(68)76-53-32-28-51(29-33-53)74-58(66)42-12-14-44(15-13-42)62(70)78-55-36-39-57(48(40-55)11-8-41-9-37-56(38-10-41)80(7,72)73)79-63(71)45-18-16-43(17-19-45)59(67)75-52-30-34-54(35-31-52)77-61(69)47-22-26-50(27-23-47)65(4,5)6/h9-10,36-40,42-47,49-54H,12-35H2,1-7H3/t42?,43?,44?,45?,46?,47?,49?,50?,51-,52-,53-,54-. The topological polar surface area (TPSA) is 192 Å². The zero-order chi connectivity index (χ0) is 57.4. The molecule has 0 saturated heterocycles. The summed E-state index contributed by atoms with van der Waals surface area (Å²) in [6.45, 7) is 13.6. The third-order valence-electron chi connectivity index (χ3n) is 18.7. The van der Waals surface area contributed by atoms with Crippen molar-refractivity contribution >= 4 is 45.7 Å². The molecule has 0 spiro atoms. The average Bonchev–Trinajstić information content (AvgIpc) is 3.44. The Labute approximate surface area is 475 Å². The number of hydrogen-bond acceptors (Lipinski definition) is 14. The van der Waals surface area contributed by atoms with Crippen molar-refractivity contribution in [2.75, 3.05) is 6.26 Å². The molecule has 0 bridgehead atoms. The molecule has 0 N–H and O–H groups in total. The fraction of sp³-hybridized carbons (Fsp3) is 0.692. The number of esters is 6. The van der Waals surface area contributed by atoms with Crippen LogP contribution >= 0.6 is 0 Å². The van der Waals surface area contributed by atoms with Gasteiger partial charge in [0.05, 0.1) is 46.0 Å². The largest absolute Gasteiger partial charge is 0.462 e. The first kappa shape index (κ1) is 60.9. The molecule has 0 heterocycles. The van der Waals surface area contributed by atoms with E-state index in [0.717, 1.165) is 57.6 Å². The molecule has 0 amide bonds. The second-order valence-corrected chi connectivity index (χ2v) is 28.5. The summed E-state index contributed by atoms with van der Waals surface area (Å²) < 4.78 is 59.9. The first-order valence-electron chi connectivity index (χ1n) is 30.2. The highest BCUT2D eigenvalue weighted by Gasteiger charge is 2.39. The Morgan fingerprint density at radius 3 is 1.04 bits per heavy atom. The number of ether oxygens (including phenoxy) is 6. The molecule has 0 aliphatic heterocycles. The number of sulfone groups is 1. The Hall–Kier alpha value is -5.23. The lowest BCUT2D eigenvalue weighted by Gasteiger charge is -2.37. The summed E-state index contributed by atoms with van der Waals surface area (Å²) in [5.41, 5.74) is 1.28. The van der Waals surface area contributed by atoms with E-state index in [4.69, 9.17) is 28.4 Å². The number of benzene rings is 2. The second-order valence-electron chi connectivity index (χ2n) is 26.5. The summed E-state index contributed by atoms with van der Waals surface area (Å²) in [6.07, 6.45) is 17.0. The van der Waals surface area contributed by atoms with Gasteiger partial charge in [-0.05, 0) is 213 Å². The van der Waals surface area contributed by atoms with Crippen molar-refractivity contribution in [1.82, 2.24) is 0 Å². The number of hydrogen-bond donors (Lipinski definition) is 0. The van der Waals surface area contributed by atoms with Crippen molar-refractivity contribution < 1.29 is 65.6 Å². The van der Waals surface area contributed by atoms with E-state index in [-0.39, 0.29) is 105 Å². The molecule has 2 aromatic carbocycles. The molecular weight excluding hydrogens is 1040 g/mol. The van der Waals surface area contributed by atoms with Crippen molar-refractivity contribution in [2.24, 2.45) is 58.2 Å². The highest BCUT2D eigenvalue weighted by molar-refractivity contribution is 7.90. The van der Waals surface area contributed by atoms with Crippen LogP contribution in [-0.2, 0) is 57.6 Å². The minimum Gasteiger partial charge on any atom is -0.462 e. The summed E-state index contributed by atoms with van der Waals surface area (Å²) in [5.74, 6) is 4.42. The van der Waals surface area contributed by atoms with Gasteiger partial charge in [0.2, 0.25) is 0 Å². The minimum absolute atomic E-state index is 0.0318. The van der Waals surface area contributed by atoms with Crippen LogP contribution in [0.25, 0.3) is 0 Å². The van der Waals surface area contributed by atoms with Gasteiger partial charge in [0.25, 0.3) is 0 Å². The molecule has 6 aliphatic rings. The summed E-state index contributed by atoms with van der Waals surface area (Å²) >= 11 is 0. The van der Waals surface area contributed by atoms with Crippen LogP contribution < -0.4 is 9.47 Å². The molecule has 6 saturated carbocycles. The quantitative estimate of drug-likeness (QED) is 0.0796. The van der Waals surface area contributed by atoms with Crippen LogP contribution in [0.2, 0.25) is 0 Å². The Morgan fingerprint density at radius 1 is 0.400 bits per heavy atom. The predicted molar refractivity (Wildman–Crippen MR) is 300 cm³/mol. The van der Waals surface area contributed by atoms with Gasteiger partial charge in [0.15, 0.2) is 9.84 Å². The van der Waals surface area contributed by atoms with Crippen LogP contribution in [0.15, 0.2) is 47.4 Å². The van der Waals surface area contributed by atoms with Crippen molar-refractivity contribution in [3.8, 4) is 23.3 Å². The van der Waals surface area contributed by atoms with E-state index >= 15 is 0 Å². The van der Waals surface area contributed by atoms with Gasteiger partial charge < -0.3 is 28.4 Å². The maximum absolute atomic E-state index is 13.7. The van der Waals surface area contributed by atoms with E-state index in [1.807, 2.05) is 0 Å². The van der Waals surface area contributed by atoms with Gasteiger partial charge in [0.1, 0.15) is 35.9 Å². The van der Waals surface area contributed by atoms with Gasteiger partial charge in [-0.15, -0.1) is 0 Å². The molecule has 0 unspecified atom stereocenters. The second kappa shape index (κ2) is 26.8. The first-order valence-corrected chi connectivity index (χ1v) is 32.1. The Bertz CT molecular complexity index is 2660. The van der Waals surface area contributed by atoms with E-state index in [0.29, 0.717) is 120 Å². The predicted octanol–water partition coefficient (Wildman–Crippen LogP) is 12.4. The van der Waals surface area contributed by atoms with E-state index in [1.54, 1.807) is 18.2 Å². The van der Waals surface area contributed by atoms with Gasteiger partial charge in [0, 0.05) is 17.9 Å². The molecular formula is C65H88O14S. The van der Waals surface area contributed by atoms with Crippen LogP contribution in [0.1, 0.15) is 207 Å². The van der Waals surface area contributed by atoms with Crippen molar-refractivity contribution in [1.29, 1.82) is 0 Å². The Morgan fingerprint density at radius 2 is 0.713 bits per heavy atom. The first-order chi connectivity index (χ1) is 37.9. The molecule has 14 nitrogen and oxygen atoms in total. The van der Waals surface area contributed by atoms with Crippen molar-refractivity contribution in [3.05, 3.63) is 53.6 Å². The van der Waals surface area contributed by atoms with Gasteiger partial charge in [-0.3, -0.25) is 28.8 Å². The molecule has 6 aliphatic carbocycles. The molecule has 438 valence electrons. The summed E-state index contributed by atoms with van der Waals surface area (Å²) in [5, 5.41) is 0. The van der Waals surface area contributed by atoms with Gasteiger partial charge in [-0.2, -0.15) is 0 Å². The third kappa shape index (κ3) is 16.9. The average molecular weight is 1130 g/mol. The zero-order valence-corrected chi connectivity index (χ0v) is 49.4. The molecule has 8 rings (SSSR count). The zero-order valence-electron chi connectivity index (χ0n) is 48.6. The van der Waals surface area contributed by atoms with E-state index in [2.05, 4.69) is 53.4 Å². The third-order valence-corrected chi connectivity index (χ3v) is 19.9. The molecule has 2 aromatic rings. The maximum atomic E-state index is 13.7. The fourth-order valence-electron chi connectivity index (χ4n) is 13.2. The maximum Gasteiger partial charge on any atom is 0.314 e. The molecule has 0 radical (unpaired) electrons. The molecule has 6 fully saturated rings. The van der Waals surface area contributed by atoms with Crippen molar-refractivity contribution in [2.45, 2.75) is 225 Å². The number of rotatable bonds is 13. The van der Waals surface area contributed by atoms with E-state index in [9.17, 15) is 37.2 Å². The number of carbonyl (C=O) groups excluding carboxylic acids is 6. The fourth-order valence-corrected chi connectivity index (χ4v) is 13.8. The lowest BCUT2D eigenvalue weighted by molar-refractivity contribution is -0.165. The van der Waals surface area contributed by atoms with Gasteiger partial charge in [-0.25, -0.2) is 8.42 Å². The highest BCUT2D eigenvalue weighted by Crippen LogP contribution is 2.43. The van der Waals surface area contributed by atoms with Gasteiger partial charge in [-0.1, -0.05) is 53.4 Å². The van der Waals surface area contributed by atoms with E-state index in [1.165, 1.54) is 24.3 Å². The van der Waals surface area contributed by atoms with Gasteiger partial charge >= 0.3 is 35.8 Å². The van der Waals surface area contributed by atoms with Crippen LogP contribution in [0, 0.1) is 70.0 Å². The van der Waals surface area contributed by atoms with E-state index < -0.39 is 33.6 Å². The lowest BCUT2D eigenvalue weighted by atomic mass is 9.70. The van der Waals surface area contributed by atoms with Crippen LogP contribution in [-0.4, -0.2) is 74.9 Å². The molecule has 80 heavy (non-hydrogen) atoms. The molecule has 15 heteroatoms. The minimum atomic E-state index is -3.43. The summed E-state index contributed by atoms with van der Waals surface area (Å²) in [7, 11) is -3.43. The van der Waals surface area contributed by atoms with Crippen LogP contribution in [0.4, 0.5) is 0 Å². The van der Waals surface area contributed by atoms with Crippen molar-refractivity contribution in [3.63, 3.8) is 0 Å². The SMILES string of the molecule is CC(C)(C)C1CCC(C(=O)O[C@H]2CC[C@H](OC(=O)C3CCC(C(=O)Oc4ccc(OC(=O)C5CCC(C(=O)O[C@H]6CC[C@H](OC(=O)C7CCC(C(C)(C)C)CC7)CC6)CC5)c(C#Cc5ccc(S(C)(=O)=O)cc5)c4)CC3)CC2)CC1. The Kier molecular flexibility index (Phi) is 20.4. The van der Waals surface area contributed by atoms with Crippen LogP contribution in [0.3, 0.4) is 0 Å². The molecule has 0 atom stereocenters. The summed E-state index contributed by atoms with van der Waals surface area (Å²) in [4.78, 5) is 80.2. The smallest absolute Gasteiger partial charge is 0.314 e. The normalized spacial score (nSPS) is 29.5. The molecule has 0 aromatic heterocycles. The highest BCUT2D eigenvalue weighted by atomic mass is 32.2. The van der Waals surface area contributed by atoms with Crippen LogP contribution in [0.5, 0.6) is 11.5 Å². The monoisotopic (exact) mass is 1120 g/mol. The lowest BCUT2D eigenvalue weighted by Crippen LogP contribution is -2.35.